The number of carbonyl (C=O) groups excluding carboxylic acids is 1. The van der Waals surface area contributed by atoms with Gasteiger partial charge in [0.05, 0.1) is 5.52 Å². The van der Waals surface area contributed by atoms with E-state index in [1.165, 1.54) is 12.7 Å². The van der Waals surface area contributed by atoms with Crippen molar-refractivity contribution in [2.45, 2.75) is 83.5 Å². The highest BCUT2D eigenvalue weighted by molar-refractivity contribution is 6.31. The van der Waals surface area contributed by atoms with Gasteiger partial charge in [0.25, 0.3) is 0 Å². The smallest absolute Gasteiger partial charge is 0.245 e. The molecule has 2 aromatic rings. The molecule has 168 valence electrons. The van der Waals surface area contributed by atoms with Crippen molar-refractivity contribution in [1.82, 2.24) is 20.2 Å². The highest BCUT2D eigenvalue weighted by Crippen LogP contribution is 2.35. The van der Waals surface area contributed by atoms with Gasteiger partial charge in [0.15, 0.2) is 0 Å². The Labute approximate surface area is 190 Å². The van der Waals surface area contributed by atoms with Gasteiger partial charge in [-0.25, -0.2) is 9.97 Å². The maximum atomic E-state index is 13.4. The summed E-state index contributed by atoms with van der Waals surface area (Å²) in [5, 5.41) is 8.60. The molecule has 1 saturated carbocycles. The lowest BCUT2D eigenvalue weighted by Crippen LogP contribution is -2.50. The Morgan fingerprint density at radius 2 is 2.06 bits per heavy atom. The summed E-state index contributed by atoms with van der Waals surface area (Å²) < 4.78 is 0. The Morgan fingerprint density at radius 1 is 1.23 bits per heavy atom. The maximum absolute atomic E-state index is 13.4. The van der Waals surface area contributed by atoms with Crippen molar-refractivity contribution in [1.29, 1.82) is 0 Å². The van der Waals surface area contributed by atoms with Crippen molar-refractivity contribution >= 4 is 34.2 Å². The molecule has 4 rings (SSSR count). The summed E-state index contributed by atoms with van der Waals surface area (Å²) in [6.45, 7) is 7.49. The second-order valence-corrected chi connectivity index (χ2v) is 9.78. The number of benzene rings is 1. The van der Waals surface area contributed by atoms with Crippen molar-refractivity contribution in [2.24, 2.45) is 5.92 Å². The predicted octanol–water partition coefficient (Wildman–Crippen LogP) is 4.63. The molecule has 6 nitrogen and oxygen atoms in total. The van der Waals surface area contributed by atoms with Crippen LogP contribution in [0.3, 0.4) is 0 Å². The number of hydrogen-bond acceptors (Lipinski definition) is 5. The first-order chi connectivity index (χ1) is 15.0. The van der Waals surface area contributed by atoms with Gasteiger partial charge in [-0.15, -0.1) is 0 Å². The lowest BCUT2D eigenvalue weighted by atomic mass is 9.78. The van der Waals surface area contributed by atoms with Crippen LogP contribution in [0.5, 0.6) is 0 Å². The number of aromatic nitrogens is 2. The van der Waals surface area contributed by atoms with Gasteiger partial charge >= 0.3 is 0 Å². The van der Waals surface area contributed by atoms with E-state index < -0.39 is 0 Å². The topological polar surface area (TPSA) is 70.2 Å². The number of anilines is 1. The fraction of sp³-hybridized carbons (Fsp3) is 0.625. The SMILES string of the molecule is CCC[C@@H]1C[C@H](NC(C)C)CC[C@@H]1N1CC[C@H](Nc2ncnc3ccc(Cl)cc23)C1=O. The van der Waals surface area contributed by atoms with Crippen LogP contribution < -0.4 is 10.6 Å². The number of nitrogens with one attached hydrogen (secondary N) is 2. The Balaban J connectivity index is 1.47. The summed E-state index contributed by atoms with van der Waals surface area (Å²) in [5.74, 6) is 1.45. The van der Waals surface area contributed by atoms with E-state index in [4.69, 9.17) is 11.6 Å². The molecule has 0 bridgehead atoms. The summed E-state index contributed by atoms with van der Waals surface area (Å²) in [6, 6.07) is 6.73. The number of rotatable bonds is 7. The van der Waals surface area contributed by atoms with Gasteiger partial charge in [-0.05, 0) is 56.2 Å². The third-order valence-corrected chi connectivity index (χ3v) is 6.95. The van der Waals surface area contributed by atoms with Crippen LogP contribution in [0.4, 0.5) is 5.82 Å². The van der Waals surface area contributed by atoms with Gasteiger partial charge < -0.3 is 15.5 Å². The van der Waals surface area contributed by atoms with E-state index in [9.17, 15) is 4.79 Å². The molecule has 1 aliphatic heterocycles. The quantitative estimate of drug-likeness (QED) is 0.652. The first kappa shape index (κ1) is 22.3. The molecule has 2 fully saturated rings. The van der Waals surface area contributed by atoms with Gasteiger partial charge in [0.2, 0.25) is 5.91 Å². The monoisotopic (exact) mass is 443 g/mol. The van der Waals surface area contributed by atoms with Crippen LogP contribution >= 0.6 is 11.6 Å². The minimum atomic E-state index is -0.245. The van der Waals surface area contributed by atoms with E-state index in [2.05, 4.69) is 46.3 Å². The average Bonchev–Trinajstić information content (AvgIpc) is 3.09. The van der Waals surface area contributed by atoms with Crippen molar-refractivity contribution < 1.29 is 4.79 Å². The lowest BCUT2D eigenvalue weighted by Gasteiger charge is -2.42. The van der Waals surface area contributed by atoms with Crippen LogP contribution in [-0.4, -0.2) is 51.5 Å². The third kappa shape index (κ3) is 4.96. The Hall–Kier alpha value is -1.92. The minimum absolute atomic E-state index is 0.204. The molecule has 1 aliphatic carbocycles. The highest BCUT2D eigenvalue weighted by atomic mass is 35.5. The summed E-state index contributed by atoms with van der Waals surface area (Å²) in [7, 11) is 0. The molecule has 4 atom stereocenters. The van der Waals surface area contributed by atoms with Gasteiger partial charge in [0, 0.05) is 35.1 Å². The molecule has 1 amide bonds. The zero-order valence-electron chi connectivity index (χ0n) is 18.8. The molecule has 0 spiro atoms. The van der Waals surface area contributed by atoms with E-state index in [0.717, 1.165) is 49.6 Å². The molecule has 0 unspecified atom stereocenters. The number of fused-ring (bicyclic) bond motifs is 1. The lowest BCUT2D eigenvalue weighted by molar-refractivity contribution is -0.132. The van der Waals surface area contributed by atoms with E-state index in [-0.39, 0.29) is 11.9 Å². The van der Waals surface area contributed by atoms with Crippen LogP contribution in [0, 0.1) is 5.92 Å². The fourth-order valence-electron chi connectivity index (χ4n) is 5.44. The largest absolute Gasteiger partial charge is 0.358 e. The number of nitrogens with zero attached hydrogens (tertiary/aromatic N) is 3. The second kappa shape index (κ2) is 9.70. The molecule has 0 radical (unpaired) electrons. The molecule has 7 heteroatoms. The normalized spacial score (nSPS) is 26.7. The summed E-state index contributed by atoms with van der Waals surface area (Å²) >= 11 is 6.19. The van der Waals surface area contributed by atoms with Crippen molar-refractivity contribution in [3.63, 3.8) is 0 Å². The van der Waals surface area contributed by atoms with E-state index in [0.29, 0.717) is 34.9 Å². The molecule has 1 aromatic heterocycles. The van der Waals surface area contributed by atoms with Crippen LogP contribution in [0.1, 0.15) is 59.3 Å². The molecule has 2 N–H and O–H groups in total. The number of carbonyl (C=O) groups is 1. The van der Waals surface area contributed by atoms with Crippen LogP contribution in [-0.2, 0) is 4.79 Å². The van der Waals surface area contributed by atoms with Crippen molar-refractivity contribution in [2.75, 3.05) is 11.9 Å². The molecule has 2 aliphatic rings. The molecule has 31 heavy (non-hydrogen) atoms. The number of halogens is 1. The molecule has 1 saturated heterocycles. The summed E-state index contributed by atoms with van der Waals surface area (Å²) in [6.07, 6.45) is 8.06. The second-order valence-electron chi connectivity index (χ2n) is 9.35. The summed E-state index contributed by atoms with van der Waals surface area (Å²) in [5.41, 5.74) is 0.822. The fourth-order valence-corrected chi connectivity index (χ4v) is 5.61. The Morgan fingerprint density at radius 3 is 2.84 bits per heavy atom. The molecule has 1 aromatic carbocycles. The van der Waals surface area contributed by atoms with Crippen LogP contribution in [0.2, 0.25) is 5.02 Å². The standard InChI is InChI=1S/C24H34ClN5O/c1-4-5-16-12-18(28-15(2)3)7-9-22(16)30-11-10-21(24(30)31)29-23-19-13-17(25)6-8-20(19)26-14-27-23/h6,8,13-16,18,21-22,28H,4-5,7,9-12H2,1-3H3,(H,26,27,29)/t16-,18-,21+,22+/m1/s1. The van der Waals surface area contributed by atoms with Crippen LogP contribution in [0.15, 0.2) is 24.5 Å². The first-order valence-corrected chi connectivity index (χ1v) is 12.1. The van der Waals surface area contributed by atoms with Gasteiger partial charge in [-0.2, -0.15) is 0 Å². The molecular formula is C24H34ClN5O. The minimum Gasteiger partial charge on any atom is -0.358 e. The number of amides is 1. The number of hydrogen-bond donors (Lipinski definition) is 2. The summed E-state index contributed by atoms with van der Waals surface area (Å²) in [4.78, 5) is 24.3. The Kier molecular flexibility index (Phi) is 6.97. The zero-order chi connectivity index (χ0) is 22.0. The van der Waals surface area contributed by atoms with Crippen LogP contribution in [0.25, 0.3) is 10.9 Å². The van der Waals surface area contributed by atoms with Crippen molar-refractivity contribution in [3.8, 4) is 0 Å². The third-order valence-electron chi connectivity index (χ3n) is 6.72. The first-order valence-electron chi connectivity index (χ1n) is 11.7. The van der Waals surface area contributed by atoms with E-state index in [1.807, 2.05) is 18.2 Å². The highest BCUT2D eigenvalue weighted by Gasteiger charge is 2.41. The van der Waals surface area contributed by atoms with E-state index >= 15 is 0 Å². The Bertz CT molecular complexity index is 920. The number of likely N-dealkylation sites (tertiary alicyclic amines) is 1. The molecule has 2 heterocycles. The zero-order valence-corrected chi connectivity index (χ0v) is 19.5. The maximum Gasteiger partial charge on any atom is 0.245 e. The van der Waals surface area contributed by atoms with Gasteiger partial charge in [0.1, 0.15) is 18.2 Å². The van der Waals surface area contributed by atoms with Gasteiger partial charge in [-0.3, -0.25) is 4.79 Å². The average molecular weight is 444 g/mol. The van der Waals surface area contributed by atoms with Crippen molar-refractivity contribution in [3.05, 3.63) is 29.5 Å². The molecular weight excluding hydrogens is 410 g/mol. The van der Waals surface area contributed by atoms with E-state index in [1.54, 1.807) is 0 Å². The predicted molar refractivity (Wildman–Crippen MR) is 126 cm³/mol. The van der Waals surface area contributed by atoms with Gasteiger partial charge in [-0.1, -0.05) is 38.8 Å².